The molecule has 0 atom stereocenters. The molecule has 0 unspecified atom stereocenters. The Morgan fingerprint density at radius 1 is 1.13 bits per heavy atom. The van der Waals surface area contributed by atoms with Crippen LogP contribution in [-0.2, 0) is 20.9 Å². The number of methoxy groups -OCH3 is 2. The third-order valence-corrected chi connectivity index (χ3v) is 4.78. The Balaban J connectivity index is 1.59. The van der Waals surface area contributed by atoms with E-state index in [1.165, 1.54) is 25.3 Å². The number of hydrogen-bond donors (Lipinski definition) is 0. The van der Waals surface area contributed by atoms with E-state index in [4.69, 9.17) is 14.2 Å². The fourth-order valence-electron chi connectivity index (χ4n) is 3.01. The fourth-order valence-corrected chi connectivity index (χ4v) is 3.01. The van der Waals surface area contributed by atoms with Crippen LogP contribution < -0.4 is 9.47 Å². The molecule has 1 fully saturated rings. The molecule has 0 N–H and O–H groups in total. The Hall–Kier alpha value is -3.35. The molecule has 2 aromatic rings. The van der Waals surface area contributed by atoms with Gasteiger partial charge in [0.15, 0.2) is 6.61 Å². The van der Waals surface area contributed by atoms with E-state index in [2.05, 4.69) is 0 Å². The molecule has 30 heavy (non-hydrogen) atoms. The SMILES string of the molecule is COc1ccc(OC)c(/C=C/C(=O)OCC(=O)N(Cc2ccccc2F)C2CC2)c1. The summed E-state index contributed by atoms with van der Waals surface area (Å²) in [5.41, 5.74) is 1.08. The van der Waals surface area contributed by atoms with E-state index in [1.54, 1.807) is 48.4 Å². The number of esters is 1. The number of benzene rings is 2. The Kier molecular flexibility index (Phi) is 7.06. The van der Waals surface area contributed by atoms with Crippen LogP contribution in [0.4, 0.5) is 4.39 Å². The average molecular weight is 413 g/mol. The van der Waals surface area contributed by atoms with Crippen LogP contribution in [0.1, 0.15) is 24.0 Å². The second kappa shape index (κ2) is 9.91. The van der Waals surface area contributed by atoms with E-state index in [9.17, 15) is 14.0 Å². The zero-order valence-corrected chi connectivity index (χ0v) is 17.0. The quantitative estimate of drug-likeness (QED) is 0.464. The number of carbonyl (C=O) groups is 2. The summed E-state index contributed by atoms with van der Waals surface area (Å²) < 4.78 is 29.5. The largest absolute Gasteiger partial charge is 0.497 e. The lowest BCUT2D eigenvalue weighted by Gasteiger charge is -2.22. The minimum Gasteiger partial charge on any atom is -0.497 e. The van der Waals surface area contributed by atoms with Crippen LogP contribution in [0.15, 0.2) is 48.5 Å². The molecular weight excluding hydrogens is 389 g/mol. The van der Waals surface area contributed by atoms with Crippen LogP contribution in [0.2, 0.25) is 0 Å². The van der Waals surface area contributed by atoms with Gasteiger partial charge in [-0.15, -0.1) is 0 Å². The van der Waals surface area contributed by atoms with Crippen molar-refractivity contribution in [2.24, 2.45) is 0 Å². The van der Waals surface area contributed by atoms with Crippen molar-refractivity contribution in [2.75, 3.05) is 20.8 Å². The summed E-state index contributed by atoms with van der Waals surface area (Å²) in [7, 11) is 3.07. The minimum atomic E-state index is -0.658. The smallest absolute Gasteiger partial charge is 0.331 e. The average Bonchev–Trinajstić information content (AvgIpc) is 3.60. The summed E-state index contributed by atoms with van der Waals surface area (Å²) in [5, 5.41) is 0. The summed E-state index contributed by atoms with van der Waals surface area (Å²) in [6.45, 7) is -0.242. The molecule has 158 valence electrons. The molecule has 0 bridgehead atoms. The van der Waals surface area contributed by atoms with E-state index in [1.807, 2.05) is 0 Å². The Labute approximate surface area is 174 Å². The van der Waals surface area contributed by atoms with Gasteiger partial charge in [-0.25, -0.2) is 9.18 Å². The highest BCUT2D eigenvalue weighted by molar-refractivity contribution is 5.90. The molecule has 3 rings (SSSR count). The predicted molar refractivity (Wildman–Crippen MR) is 110 cm³/mol. The molecule has 6 nitrogen and oxygen atoms in total. The van der Waals surface area contributed by atoms with E-state index in [0.717, 1.165) is 12.8 Å². The standard InChI is InChI=1S/C23H24FNO5/c1-28-19-10-11-21(29-2)16(13-19)7-12-23(27)30-15-22(26)25(18-8-9-18)14-17-5-3-4-6-20(17)24/h3-7,10-13,18H,8-9,14-15H2,1-2H3/b12-7+. The lowest BCUT2D eigenvalue weighted by atomic mass is 10.1. The van der Waals surface area contributed by atoms with Gasteiger partial charge < -0.3 is 19.1 Å². The molecule has 1 aliphatic carbocycles. The fraction of sp³-hybridized carbons (Fsp3) is 0.304. The maximum Gasteiger partial charge on any atom is 0.331 e. The molecule has 0 radical (unpaired) electrons. The second-order valence-corrected chi connectivity index (χ2v) is 6.89. The van der Waals surface area contributed by atoms with Crippen molar-refractivity contribution in [1.29, 1.82) is 0 Å². The number of halogens is 1. The Bertz CT molecular complexity index is 939. The van der Waals surface area contributed by atoms with Crippen LogP contribution in [-0.4, -0.2) is 43.6 Å². The highest BCUT2D eigenvalue weighted by atomic mass is 19.1. The van der Waals surface area contributed by atoms with Crippen LogP contribution in [0, 0.1) is 5.82 Å². The number of rotatable bonds is 9. The number of nitrogens with zero attached hydrogens (tertiary/aromatic N) is 1. The third-order valence-electron chi connectivity index (χ3n) is 4.78. The summed E-state index contributed by atoms with van der Waals surface area (Å²) in [5.74, 6) is -0.174. The zero-order valence-electron chi connectivity index (χ0n) is 17.0. The van der Waals surface area contributed by atoms with Crippen LogP contribution >= 0.6 is 0 Å². The Morgan fingerprint density at radius 2 is 1.90 bits per heavy atom. The maximum atomic E-state index is 13.9. The van der Waals surface area contributed by atoms with Crippen molar-refractivity contribution in [3.63, 3.8) is 0 Å². The second-order valence-electron chi connectivity index (χ2n) is 6.89. The van der Waals surface area contributed by atoms with Crippen LogP contribution in [0.5, 0.6) is 11.5 Å². The van der Waals surface area contributed by atoms with Gasteiger partial charge in [-0.1, -0.05) is 18.2 Å². The van der Waals surface area contributed by atoms with E-state index >= 15 is 0 Å². The number of amides is 1. The highest BCUT2D eigenvalue weighted by Gasteiger charge is 2.33. The molecule has 0 aliphatic heterocycles. The van der Waals surface area contributed by atoms with Gasteiger partial charge >= 0.3 is 5.97 Å². The molecule has 0 aromatic heterocycles. The minimum absolute atomic E-state index is 0.0624. The summed E-state index contributed by atoms with van der Waals surface area (Å²) in [6, 6.07) is 11.6. The van der Waals surface area contributed by atoms with Gasteiger partial charge in [0, 0.05) is 29.8 Å². The van der Waals surface area contributed by atoms with Crippen LogP contribution in [0.25, 0.3) is 6.08 Å². The van der Waals surface area contributed by atoms with Crippen LogP contribution in [0.3, 0.4) is 0 Å². The molecule has 0 spiro atoms. The number of hydrogen-bond acceptors (Lipinski definition) is 5. The zero-order chi connectivity index (χ0) is 21.5. The molecule has 7 heteroatoms. The molecule has 0 heterocycles. The maximum absolute atomic E-state index is 13.9. The summed E-state index contributed by atoms with van der Waals surface area (Å²) >= 11 is 0. The molecule has 1 amide bonds. The van der Waals surface area contributed by atoms with Gasteiger partial charge in [-0.05, 0) is 43.2 Å². The topological polar surface area (TPSA) is 65.1 Å². The van der Waals surface area contributed by atoms with Crippen molar-refractivity contribution in [2.45, 2.75) is 25.4 Å². The van der Waals surface area contributed by atoms with Gasteiger partial charge in [-0.2, -0.15) is 0 Å². The van der Waals surface area contributed by atoms with Crippen molar-refractivity contribution in [3.05, 3.63) is 65.5 Å². The first-order valence-electron chi connectivity index (χ1n) is 9.61. The van der Waals surface area contributed by atoms with Crippen molar-refractivity contribution < 1.29 is 28.2 Å². The lowest BCUT2D eigenvalue weighted by molar-refractivity contribution is -0.148. The first-order chi connectivity index (χ1) is 14.5. The first-order valence-corrected chi connectivity index (χ1v) is 9.61. The molecule has 1 saturated carbocycles. The Morgan fingerprint density at radius 3 is 2.57 bits per heavy atom. The number of carbonyl (C=O) groups excluding carboxylic acids is 2. The van der Waals surface area contributed by atoms with Gasteiger partial charge in [0.2, 0.25) is 0 Å². The van der Waals surface area contributed by atoms with E-state index in [0.29, 0.717) is 22.6 Å². The summed E-state index contributed by atoms with van der Waals surface area (Å²) in [6.07, 6.45) is 4.49. The lowest BCUT2D eigenvalue weighted by Crippen LogP contribution is -2.36. The predicted octanol–water partition coefficient (Wildman–Crippen LogP) is 3.59. The third kappa shape index (κ3) is 5.59. The molecule has 2 aromatic carbocycles. The van der Waals surface area contributed by atoms with Gasteiger partial charge in [-0.3, -0.25) is 4.79 Å². The molecule has 1 aliphatic rings. The van der Waals surface area contributed by atoms with Gasteiger partial charge in [0.05, 0.1) is 14.2 Å². The molecule has 0 saturated heterocycles. The highest BCUT2D eigenvalue weighted by Crippen LogP contribution is 2.29. The van der Waals surface area contributed by atoms with Gasteiger partial charge in [0.25, 0.3) is 5.91 Å². The van der Waals surface area contributed by atoms with Crippen molar-refractivity contribution in [1.82, 2.24) is 4.90 Å². The normalized spacial score (nSPS) is 13.2. The first kappa shape index (κ1) is 21.4. The van der Waals surface area contributed by atoms with Gasteiger partial charge in [0.1, 0.15) is 17.3 Å². The van der Waals surface area contributed by atoms with E-state index in [-0.39, 0.29) is 24.3 Å². The van der Waals surface area contributed by atoms with Crippen molar-refractivity contribution in [3.8, 4) is 11.5 Å². The van der Waals surface area contributed by atoms with E-state index < -0.39 is 12.6 Å². The van der Waals surface area contributed by atoms with Crippen molar-refractivity contribution >= 4 is 18.0 Å². The molecular formula is C23H24FNO5. The number of ether oxygens (including phenoxy) is 3. The monoisotopic (exact) mass is 413 g/mol. The summed E-state index contributed by atoms with van der Waals surface area (Å²) in [4.78, 5) is 26.2.